The molecular formula is C23H45N5O2. The molecule has 0 amide bonds. The maximum atomic E-state index is 5.63. The topological polar surface area (TPSA) is 61.4 Å². The van der Waals surface area contributed by atoms with Crippen molar-refractivity contribution in [3.63, 3.8) is 0 Å². The molecule has 3 rings (SSSR count). The second-order valence-electron chi connectivity index (χ2n) is 9.73. The van der Waals surface area contributed by atoms with E-state index in [1.165, 1.54) is 32.1 Å². The summed E-state index contributed by atoms with van der Waals surface area (Å²) >= 11 is 0. The third-order valence-corrected chi connectivity index (χ3v) is 7.45. The van der Waals surface area contributed by atoms with Gasteiger partial charge in [0.1, 0.15) is 0 Å². The normalized spacial score (nSPS) is 25.3. The lowest BCUT2D eigenvalue weighted by atomic mass is 9.73. The Hall–Kier alpha value is -0.890. The minimum Gasteiger partial charge on any atom is -0.381 e. The largest absolute Gasteiger partial charge is 0.381 e. The van der Waals surface area contributed by atoms with Crippen LogP contribution < -0.4 is 10.6 Å². The Morgan fingerprint density at radius 2 is 1.60 bits per heavy atom. The van der Waals surface area contributed by atoms with Crippen LogP contribution in [0.2, 0.25) is 0 Å². The van der Waals surface area contributed by atoms with Crippen LogP contribution in [0.1, 0.15) is 51.9 Å². The van der Waals surface area contributed by atoms with Crippen molar-refractivity contribution in [3.05, 3.63) is 0 Å². The lowest BCUT2D eigenvalue weighted by molar-refractivity contribution is -0.00504. The highest BCUT2D eigenvalue weighted by molar-refractivity contribution is 5.79. The molecule has 1 aliphatic carbocycles. The number of rotatable bonds is 8. The number of nitrogens with one attached hydrogen (secondary N) is 2. The zero-order valence-corrected chi connectivity index (χ0v) is 19.7. The summed E-state index contributed by atoms with van der Waals surface area (Å²) in [5, 5.41) is 7.18. The van der Waals surface area contributed by atoms with Crippen LogP contribution in [0.3, 0.4) is 0 Å². The summed E-state index contributed by atoms with van der Waals surface area (Å²) in [4.78, 5) is 10.1. The van der Waals surface area contributed by atoms with Crippen molar-refractivity contribution in [2.45, 2.75) is 57.4 Å². The van der Waals surface area contributed by atoms with E-state index < -0.39 is 0 Å². The van der Waals surface area contributed by atoms with Crippen molar-refractivity contribution in [3.8, 4) is 0 Å². The van der Waals surface area contributed by atoms with Crippen LogP contribution in [-0.4, -0.2) is 101 Å². The predicted octanol–water partition coefficient (Wildman–Crippen LogP) is 1.94. The molecule has 0 aromatic rings. The van der Waals surface area contributed by atoms with Gasteiger partial charge in [0.15, 0.2) is 5.96 Å². The lowest BCUT2D eigenvalue weighted by Gasteiger charge is -2.43. The standard InChI is InChI=1S/C23H45N5O2/c1-4-24-21(26-19-23(27(2)3)10-14-29-15-11-23)25-18-22(8-6-5-7-9-22)20-28-12-16-30-17-13-28/h4-20H2,1-3H3,(H2,24,25,26). The first-order valence-corrected chi connectivity index (χ1v) is 12.2. The van der Waals surface area contributed by atoms with Gasteiger partial charge in [-0.3, -0.25) is 9.89 Å². The number of guanidine groups is 1. The van der Waals surface area contributed by atoms with E-state index in [1.54, 1.807) is 0 Å². The number of morpholine rings is 1. The third kappa shape index (κ3) is 6.55. The Balaban J connectivity index is 1.64. The molecule has 7 nitrogen and oxygen atoms in total. The summed E-state index contributed by atoms with van der Waals surface area (Å²) in [6.07, 6.45) is 8.78. The summed E-state index contributed by atoms with van der Waals surface area (Å²) in [6, 6.07) is 0. The molecule has 0 aromatic carbocycles. The van der Waals surface area contributed by atoms with Gasteiger partial charge in [-0.15, -0.1) is 0 Å². The van der Waals surface area contributed by atoms with Crippen LogP contribution in [0.25, 0.3) is 0 Å². The molecule has 174 valence electrons. The molecule has 0 radical (unpaired) electrons. The molecule has 2 heterocycles. The van der Waals surface area contributed by atoms with Gasteiger partial charge in [0, 0.05) is 63.4 Å². The van der Waals surface area contributed by atoms with Gasteiger partial charge in [-0.25, -0.2) is 0 Å². The number of likely N-dealkylation sites (N-methyl/N-ethyl adjacent to an activating group) is 1. The minimum absolute atomic E-state index is 0.144. The third-order valence-electron chi connectivity index (χ3n) is 7.45. The molecule has 0 bridgehead atoms. The first-order chi connectivity index (χ1) is 14.6. The van der Waals surface area contributed by atoms with Crippen molar-refractivity contribution in [2.24, 2.45) is 10.4 Å². The van der Waals surface area contributed by atoms with E-state index in [0.717, 1.165) is 84.5 Å². The maximum Gasteiger partial charge on any atom is 0.191 e. The summed E-state index contributed by atoms with van der Waals surface area (Å²) in [6.45, 7) is 11.6. The van der Waals surface area contributed by atoms with Crippen molar-refractivity contribution < 1.29 is 9.47 Å². The Morgan fingerprint density at radius 3 is 2.23 bits per heavy atom. The van der Waals surface area contributed by atoms with E-state index in [4.69, 9.17) is 14.5 Å². The molecule has 7 heteroatoms. The van der Waals surface area contributed by atoms with Gasteiger partial charge in [-0.05, 0) is 46.7 Å². The summed E-state index contributed by atoms with van der Waals surface area (Å²) in [5.74, 6) is 0.970. The minimum atomic E-state index is 0.144. The van der Waals surface area contributed by atoms with E-state index in [0.29, 0.717) is 5.41 Å². The molecule has 2 N–H and O–H groups in total. The van der Waals surface area contributed by atoms with Gasteiger partial charge >= 0.3 is 0 Å². The van der Waals surface area contributed by atoms with Crippen molar-refractivity contribution in [1.82, 2.24) is 20.4 Å². The number of nitrogens with zero attached hydrogens (tertiary/aromatic N) is 3. The van der Waals surface area contributed by atoms with Crippen molar-refractivity contribution in [1.29, 1.82) is 0 Å². The molecule has 0 spiro atoms. The van der Waals surface area contributed by atoms with E-state index in [1.807, 2.05) is 0 Å². The van der Waals surface area contributed by atoms with Gasteiger partial charge in [-0.2, -0.15) is 0 Å². The van der Waals surface area contributed by atoms with Crippen LogP contribution >= 0.6 is 0 Å². The highest BCUT2D eigenvalue weighted by Crippen LogP contribution is 2.37. The fraction of sp³-hybridized carbons (Fsp3) is 0.957. The second kappa shape index (κ2) is 11.7. The Labute approximate surface area is 183 Å². The molecule has 0 unspecified atom stereocenters. The summed E-state index contributed by atoms with van der Waals surface area (Å²) < 4.78 is 11.2. The summed E-state index contributed by atoms with van der Waals surface area (Å²) in [5.41, 5.74) is 0.459. The molecule has 1 saturated carbocycles. The fourth-order valence-electron chi connectivity index (χ4n) is 5.27. The average Bonchev–Trinajstić information content (AvgIpc) is 2.77. The average molecular weight is 424 g/mol. The van der Waals surface area contributed by atoms with E-state index in [9.17, 15) is 0 Å². The van der Waals surface area contributed by atoms with Gasteiger partial charge in [0.2, 0.25) is 0 Å². The Morgan fingerprint density at radius 1 is 0.933 bits per heavy atom. The highest BCUT2D eigenvalue weighted by atomic mass is 16.5. The van der Waals surface area contributed by atoms with Gasteiger partial charge < -0.3 is 25.0 Å². The SMILES string of the molecule is CCNC(=NCC1(CN2CCOCC2)CCCCC1)NCC1(N(C)C)CCOCC1. The number of ether oxygens (including phenoxy) is 2. The second-order valence-corrected chi connectivity index (χ2v) is 9.73. The highest BCUT2D eigenvalue weighted by Gasteiger charge is 2.36. The zero-order chi connectivity index (χ0) is 21.3. The van der Waals surface area contributed by atoms with E-state index >= 15 is 0 Å². The van der Waals surface area contributed by atoms with E-state index in [-0.39, 0.29) is 5.54 Å². The van der Waals surface area contributed by atoms with Gasteiger partial charge in [0.25, 0.3) is 0 Å². The van der Waals surface area contributed by atoms with Gasteiger partial charge in [-0.1, -0.05) is 19.3 Å². The molecule has 2 saturated heterocycles. The fourth-order valence-corrected chi connectivity index (χ4v) is 5.27. The predicted molar refractivity (Wildman–Crippen MR) is 123 cm³/mol. The quantitative estimate of drug-likeness (QED) is 0.460. The van der Waals surface area contributed by atoms with Crippen LogP contribution in [0.5, 0.6) is 0 Å². The monoisotopic (exact) mass is 423 g/mol. The summed E-state index contributed by atoms with van der Waals surface area (Å²) in [7, 11) is 4.38. The first-order valence-electron chi connectivity index (χ1n) is 12.2. The van der Waals surface area contributed by atoms with E-state index in [2.05, 4.69) is 41.5 Å². The van der Waals surface area contributed by atoms with Crippen LogP contribution in [0.15, 0.2) is 4.99 Å². The van der Waals surface area contributed by atoms with Crippen LogP contribution in [0.4, 0.5) is 0 Å². The molecule has 3 fully saturated rings. The van der Waals surface area contributed by atoms with Crippen molar-refractivity contribution in [2.75, 3.05) is 79.8 Å². The molecule has 30 heavy (non-hydrogen) atoms. The Bertz CT molecular complexity index is 522. The Kier molecular flexibility index (Phi) is 9.23. The molecule has 0 atom stereocenters. The van der Waals surface area contributed by atoms with Gasteiger partial charge in [0.05, 0.1) is 13.2 Å². The molecule has 3 aliphatic rings. The number of hydrogen-bond acceptors (Lipinski definition) is 5. The van der Waals surface area contributed by atoms with Crippen molar-refractivity contribution >= 4 is 5.96 Å². The molecule has 2 aliphatic heterocycles. The zero-order valence-electron chi connectivity index (χ0n) is 19.7. The lowest BCUT2D eigenvalue weighted by Crippen LogP contribution is -2.57. The smallest absolute Gasteiger partial charge is 0.191 e. The number of hydrogen-bond donors (Lipinski definition) is 2. The molecular weight excluding hydrogens is 378 g/mol. The maximum absolute atomic E-state index is 5.63. The molecule has 0 aromatic heterocycles. The first kappa shape index (κ1) is 23.8. The van der Waals surface area contributed by atoms with Crippen LogP contribution in [0, 0.1) is 5.41 Å². The van der Waals surface area contributed by atoms with Crippen LogP contribution in [-0.2, 0) is 9.47 Å². The number of aliphatic imine (C=N–C) groups is 1.